The van der Waals surface area contributed by atoms with Gasteiger partial charge in [0.25, 0.3) is 0 Å². The van der Waals surface area contributed by atoms with E-state index in [2.05, 4.69) is 6.92 Å². The minimum Gasteiger partial charge on any atom is -0.463 e. The van der Waals surface area contributed by atoms with Gasteiger partial charge in [0.05, 0.1) is 66.1 Å². The Morgan fingerprint density at radius 1 is 0.531 bits per heavy atom. The number of carbonyl (C=O) groups excluding carboxylic acids is 1. The Balaban J connectivity index is 3.12. The first kappa shape index (κ1) is 31.2. The van der Waals surface area contributed by atoms with Crippen molar-refractivity contribution in [2.24, 2.45) is 0 Å². The molecule has 0 radical (unpaired) electrons. The zero-order valence-electron chi connectivity index (χ0n) is 20.3. The minimum atomic E-state index is -0.471. The van der Waals surface area contributed by atoms with Gasteiger partial charge in [-0.25, -0.2) is 4.39 Å². The summed E-state index contributed by atoms with van der Waals surface area (Å²) >= 11 is 0. The van der Waals surface area contributed by atoms with Gasteiger partial charge in [-0.15, -0.1) is 0 Å². The number of ether oxygens (including phenoxy) is 6. The average molecular weight is 467 g/mol. The predicted molar refractivity (Wildman–Crippen MR) is 123 cm³/mol. The van der Waals surface area contributed by atoms with E-state index in [-0.39, 0.29) is 19.2 Å². The minimum absolute atomic E-state index is 0.117. The third kappa shape index (κ3) is 27.2. The lowest BCUT2D eigenvalue weighted by molar-refractivity contribution is -0.145. The van der Waals surface area contributed by atoms with Gasteiger partial charge in [0.1, 0.15) is 13.3 Å². The van der Waals surface area contributed by atoms with E-state index in [1.807, 2.05) is 0 Å². The first-order valence-corrected chi connectivity index (χ1v) is 12.4. The van der Waals surface area contributed by atoms with Crippen LogP contribution in [0.1, 0.15) is 71.1 Å². The van der Waals surface area contributed by atoms with Crippen molar-refractivity contribution in [3.05, 3.63) is 0 Å². The summed E-state index contributed by atoms with van der Waals surface area (Å²) < 4.78 is 43.3. The monoisotopic (exact) mass is 466 g/mol. The van der Waals surface area contributed by atoms with Crippen LogP contribution in [0.3, 0.4) is 0 Å². The molecule has 8 heteroatoms. The highest BCUT2D eigenvalue weighted by Gasteiger charge is 2.02. The van der Waals surface area contributed by atoms with Crippen LogP contribution in [0.15, 0.2) is 0 Å². The van der Waals surface area contributed by atoms with E-state index in [1.54, 1.807) is 0 Å². The van der Waals surface area contributed by atoms with Crippen molar-refractivity contribution in [3.63, 3.8) is 0 Å². The van der Waals surface area contributed by atoms with Crippen LogP contribution < -0.4 is 0 Å². The summed E-state index contributed by atoms with van der Waals surface area (Å²) in [6.45, 7) is 6.23. The highest BCUT2D eigenvalue weighted by Crippen LogP contribution is 2.10. The lowest BCUT2D eigenvalue weighted by Gasteiger charge is -2.08. The second-order valence-electron chi connectivity index (χ2n) is 7.55. The lowest BCUT2D eigenvalue weighted by Crippen LogP contribution is -2.15. The van der Waals surface area contributed by atoms with Gasteiger partial charge >= 0.3 is 5.97 Å². The van der Waals surface area contributed by atoms with Crippen LogP contribution in [-0.2, 0) is 33.2 Å². The predicted octanol–water partition coefficient (Wildman–Crippen LogP) is 4.50. The van der Waals surface area contributed by atoms with Crippen molar-refractivity contribution in [1.29, 1.82) is 0 Å². The number of rotatable bonds is 27. The molecule has 0 rings (SSSR count). The fourth-order valence-corrected chi connectivity index (χ4v) is 2.90. The molecule has 0 heterocycles. The number of halogens is 1. The van der Waals surface area contributed by atoms with E-state index in [1.165, 1.54) is 44.9 Å². The SMILES string of the molecule is CCCCCCCCCCCC(=O)OCCOCCOCCOCCOCCOCCF. The Bertz CT molecular complexity index is 372. The highest BCUT2D eigenvalue weighted by molar-refractivity contribution is 5.69. The zero-order chi connectivity index (χ0) is 23.4. The van der Waals surface area contributed by atoms with E-state index in [4.69, 9.17) is 28.4 Å². The molecule has 0 aliphatic rings. The number of alkyl halides is 1. The first-order chi connectivity index (χ1) is 15.8. The van der Waals surface area contributed by atoms with Crippen molar-refractivity contribution in [2.45, 2.75) is 71.1 Å². The molecule has 0 fully saturated rings. The standard InChI is InChI=1S/C24H47FO7/c1-2-3-4-5-6-7-8-9-10-11-24(26)32-23-22-31-21-20-30-19-18-29-17-16-28-15-14-27-13-12-25/h2-23H2,1H3. The molecule has 0 aliphatic carbocycles. The number of hydrogen-bond acceptors (Lipinski definition) is 7. The second-order valence-corrected chi connectivity index (χ2v) is 7.55. The zero-order valence-corrected chi connectivity index (χ0v) is 20.3. The van der Waals surface area contributed by atoms with Gasteiger partial charge in [0.15, 0.2) is 0 Å². The maximum absolute atomic E-state index is 11.8. The summed E-state index contributed by atoms with van der Waals surface area (Å²) in [5, 5.41) is 0. The molecule has 0 aromatic carbocycles. The molecule has 0 atom stereocenters. The van der Waals surface area contributed by atoms with Crippen molar-refractivity contribution in [3.8, 4) is 0 Å². The molecule has 0 unspecified atom stereocenters. The van der Waals surface area contributed by atoms with Gasteiger partial charge in [-0.05, 0) is 6.42 Å². The van der Waals surface area contributed by atoms with Gasteiger partial charge in [-0.1, -0.05) is 58.3 Å². The Kier molecular flexibility index (Phi) is 27.5. The number of carbonyl (C=O) groups is 1. The molecule has 0 aliphatic heterocycles. The second kappa shape index (κ2) is 28.2. The molecule has 0 amide bonds. The fourth-order valence-electron chi connectivity index (χ4n) is 2.90. The summed E-state index contributed by atoms with van der Waals surface area (Å²) in [6.07, 6.45) is 11.6. The molecule has 0 saturated heterocycles. The molecule has 0 bridgehead atoms. The smallest absolute Gasteiger partial charge is 0.305 e. The summed E-state index contributed by atoms with van der Waals surface area (Å²) in [4.78, 5) is 11.7. The van der Waals surface area contributed by atoms with Crippen LogP contribution in [0.25, 0.3) is 0 Å². The van der Waals surface area contributed by atoms with Crippen molar-refractivity contribution in [2.75, 3.05) is 79.4 Å². The van der Waals surface area contributed by atoms with Crippen molar-refractivity contribution >= 4 is 5.97 Å². The van der Waals surface area contributed by atoms with Gasteiger partial charge in [0, 0.05) is 6.42 Å². The third-order valence-electron chi connectivity index (χ3n) is 4.68. The maximum atomic E-state index is 11.8. The molecule has 0 aromatic heterocycles. The molecular weight excluding hydrogens is 419 g/mol. The Morgan fingerprint density at radius 2 is 0.906 bits per heavy atom. The number of hydrogen-bond donors (Lipinski definition) is 0. The summed E-state index contributed by atoms with van der Waals surface area (Å²) in [7, 11) is 0. The highest BCUT2D eigenvalue weighted by atomic mass is 19.1. The van der Waals surface area contributed by atoms with Crippen LogP contribution in [0, 0.1) is 0 Å². The normalized spacial score (nSPS) is 11.2. The van der Waals surface area contributed by atoms with Gasteiger partial charge in [0.2, 0.25) is 0 Å². The topological polar surface area (TPSA) is 72.5 Å². The Labute approximate surface area is 194 Å². The van der Waals surface area contributed by atoms with Gasteiger partial charge < -0.3 is 28.4 Å². The van der Waals surface area contributed by atoms with E-state index in [9.17, 15) is 9.18 Å². The van der Waals surface area contributed by atoms with E-state index in [0.29, 0.717) is 65.9 Å². The number of esters is 1. The van der Waals surface area contributed by atoms with Crippen LogP contribution in [0.5, 0.6) is 0 Å². The van der Waals surface area contributed by atoms with Gasteiger partial charge in [-0.3, -0.25) is 4.79 Å². The maximum Gasteiger partial charge on any atom is 0.305 e. The van der Waals surface area contributed by atoms with E-state index >= 15 is 0 Å². The first-order valence-electron chi connectivity index (χ1n) is 12.4. The van der Waals surface area contributed by atoms with E-state index in [0.717, 1.165) is 12.8 Å². The molecule has 0 aromatic rings. The summed E-state index contributed by atoms with van der Waals surface area (Å²) in [5.74, 6) is -0.138. The van der Waals surface area contributed by atoms with Crippen LogP contribution in [-0.4, -0.2) is 85.3 Å². The summed E-state index contributed by atoms with van der Waals surface area (Å²) in [6, 6.07) is 0. The average Bonchev–Trinajstić information content (AvgIpc) is 2.80. The molecule has 192 valence electrons. The van der Waals surface area contributed by atoms with Crippen LogP contribution >= 0.6 is 0 Å². The Morgan fingerprint density at radius 3 is 1.34 bits per heavy atom. The fraction of sp³-hybridized carbons (Fsp3) is 0.958. The lowest BCUT2D eigenvalue weighted by atomic mass is 10.1. The third-order valence-corrected chi connectivity index (χ3v) is 4.68. The summed E-state index contributed by atoms with van der Waals surface area (Å²) in [5.41, 5.74) is 0. The largest absolute Gasteiger partial charge is 0.463 e. The molecule has 0 saturated carbocycles. The molecule has 0 spiro atoms. The number of unbranched alkanes of at least 4 members (excludes halogenated alkanes) is 8. The molecule has 32 heavy (non-hydrogen) atoms. The van der Waals surface area contributed by atoms with Crippen LogP contribution in [0.4, 0.5) is 4.39 Å². The van der Waals surface area contributed by atoms with Gasteiger partial charge in [-0.2, -0.15) is 0 Å². The van der Waals surface area contributed by atoms with Crippen molar-refractivity contribution in [1.82, 2.24) is 0 Å². The van der Waals surface area contributed by atoms with Crippen molar-refractivity contribution < 1.29 is 37.6 Å². The van der Waals surface area contributed by atoms with Crippen LogP contribution in [0.2, 0.25) is 0 Å². The molecule has 7 nitrogen and oxygen atoms in total. The molecule has 0 N–H and O–H groups in total. The Hall–Kier alpha value is -0.800. The molecular formula is C24H47FO7. The quantitative estimate of drug-likeness (QED) is 0.130. The van der Waals surface area contributed by atoms with E-state index < -0.39 is 6.67 Å².